The van der Waals surface area contributed by atoms with E-state index in [0.29, 0.717) is 44.9 Å². The van der Waals surface area contributed by atoms with Crippen LogP contribution in [0.15, 0.2) is 11.6 Å². The van der Waals surface area contributed by atoms with Crippen LogP contribution in [-0.4, -0.2) is 303 Å². The van der Waals surface area contributed by atoms with E-state index >= 15 is 4.79 Å². The molecule has 0 unspecified atom stereocenters. The highest BCUT2D eigenvalue weighted by Gasteiger charge is 2.73. The van der Waals surface area contributed by atoms with Gasteiger partial charge in [0.05, 0.1) is 44.2 Å². The third-order valence-electron chi connectivity index (χ3n) is 24.8. The summed E-state index contributed by atoms with van der Waals surface area (Å²) in [5, 5.41) is 187. The Morgan fingerprint density at radius 3 is 1.75 bits per heavy atom. The molecule has 6 heterocycles. The van der Waals surface area contributed by atoms with E-state index in [1.807, 2.05) is 13.8 Å². The Balaban J connectivity index is 0.849. The zero-order valence-electron chi connectivity index (χ0n) is 54.9. The Labute approximate surface area is 549 Å². The molecule has 6 saturated heterocycles. The van der Waals surface area contributed by atoms with Crippen LogP contribution >= 0.6 is 0 Å². The van der Waals surface area contributed by atoms with Gasteiger partial charge >= 0.3 is 11.9 Å². The first-order valence-electron chi connectivity index (χ1n) is 33.5. The van der Waals surface area contributed by atoms with Crippen LogP contribution < -0.4 is 0 Å². The maximum atomic E-state index is 15.9. The molecule has 4 saturated carbocycles. The lowest BCUT2D eigenvalue weighted by atomic mass is 9.33. The van der Waals surface area contributed by atoms with Gasteiger partial charge in [0.2, 0.25) is 6.29 Å². The van der Waals surface area contributed by atoms with Gasteiger partial charge in [-0.05, 0) is 116 Å². The molecule has 11 rings (SSSR count). The molecule has 37 atom stereocenters. The summed E-state index contributed by atoms with van der Waals surface area (Å²) in [6, 6.07) is 0. The van der Waals surface area contributed by atoms with Crippen molar-refractivity contribution in [1.82, 2.24) is 0 Å². The lowest BCUT2D eigenvalue weighted by Gasteiger charge is -2.71. The second-order valence-corrected chi connectivity index (χ2v) is 31.1. The van der Waals surface area contributed by atoms with Gasteiger partial charge in [-0.1, -0.05) is 60.1 Å². The molecule has 5 aliphatic carbocycles. The highest BCUT2D eigenvalue weighted by Crippen LogP contribution is 2.76. The first-order valence-corrected chi connectivity index (χ1v) is 33.5. The molecule has 31 heteroatoms. The number of fused-ring (bicyclic) bond motifs is 7. The number of carbonyl (C=O) groups excluding carboxylic acids is 1. The normalized spacial score (nSPS) is 54.5. The van der Waals surface area contributed by atoms with Gasteiger partial charge in [0.1, 0.15) is 115 Å². The van der Waals surface area contributed by atoms with E-state index in [9.17, 15) is 91.6 Å². The van der Waals surface area contributed by atoms with Crippen LogP contribution in [0.5, 0.6) is 0 Å². The second kappa shape index (κ2) is 27.1. The summed E-state index contributed by atoms with van der Waals surface area (Å²) < 4.78 is 72.0. The van der Waals surface area contributed by atoms with Crippen LogP contribution in [0.3, 0.4) is 0 Å². The van der Waals surface area contributed by atoms with E-state index in [1.54, 1.807) is 0 Å². The number of aliphatic carboxylic acids is 1. The van der Waals surface area contributed by atoms with Crippen molar-refractivity contribution in [3.63, 3.8) is 0 Å². The molecular weight excluding hydrogens is 1260 g/mol. The molecule has 0 bridgehead atoms. The topological polar surface area (TPSA) is 489 Å². The minimum atomic E-state index is -2.04. The average Bonchev–Trinajstić information content (AvgIpc) is 0.681. The Hall–Kier alpha value is -2.40. The SMILES string of the molecule is C[C@@H]1O[C@@H](O[C@H]2[C@H](O[C@H]3O[C@H](C)[C@@H](O[C@@H]4OC[C@@H](O)[C@@H](O)[C@H]4O)[C@H](O)[C@@H]3O)[C@@H](OC(=O)[C@]34CCC(C)(C)C[C@H]3C3=CC[C@H]5[C@]6(C)CC[C@H](O[C@@H]7O[C@@H](C(=O)O)[C@H](O)[C@H](O[C@H]8O[C@@H](CO)[C@H](O)[C@H](O)[C@H]8O)[C@@H]7O)C(C)(C)[C@@H]6CC[C@@]5(C)[C@@]3(C)C[C@@H]4O)OC[C@H]2O)[C@H](O)[C@@H](O)[C@@H]1O. The van der Waals surface area contributed by atoms with Crippen LogP contribution in [0.1, 0.15) is 120 Å². The number of rotatable bonds is 14. The Kier molecular flexibility index (Phi) is 21.0. The van der Waals surface area contributed by atoms with Crippen LogP contribution in [0, 0.1) is 50.2 Å². The summed E-state index contributed by atoms with van der Waals surface area (Å²) >= 11 is 0. The zero-order valence-corrected chi connectivity index (χ0v) is 54.9. The molecule has 0 aromatic heterocycles. The third kappa shape index (κ3) is 12.5. The predicted octanol–water partition coefficient (Wildman–Crippen LogP) is -3.99. The van der Waals surface area contributed by atoms with Gasteiger partial charge in [-0.25, -0.2) is 4.79 Å². The molecule has 10 fully saturated rings. The number of allylic oxidation sites excluding steroid dienone is 2. The number of carboxylic acid groups (broad SMARTS) is 1. The van der Waals surface area contributed by atoms with Crippen LogP contribution in [0.25, 0.3) is 0 Å². The quantitative estimate of drug-likeness (QED) is 0.0448. The summed E-state index contributed by atoms with van der Waals surface area (Å²) in [5.74, 6) is -3.19. The van der Waals surface area contributed by atoms with E-state index in [1.165, 1.54) is 13.8 Å². The fraction of sp³-hybridized carbons (Fsp3) is 0.938. The maximum absolute atomic E-state index is 15.9. The Bertz CT molecular complexity index is 2740. The molecular formula is C64H102O31. The van der Waals surface area contributed by atoms with E-state index in [-0.39, 0.29) is 30.1 Å². The van der Waals surface area contributed by atoms with Crippen LogP contribution in [0.2, 0.25) is 0 Å². The van der Waals surface area contributed by atoms with E-state index < -0.39 is 249 Å². The number of ether oxygens (including phenoxy) is 12. The number of aliphatic hydroxyl groups excluding tert-OH is 16. The Morgan fingerprint density at radius 2 is 1.08 bits per heavy atom. The minimum absolute atomic E-state index is 0.0178. The predicted molar refractivity (Wildman–Crippen MR) is 315 cm³/mol. The first-order chi connectivity index (χ1) is 44.4. The zero-order chi connectivity index (χ0) is 69.5. The summed E-state index contributed by atoms with van der Waals surface area (Å²) in [5.41, 5.74) is -3.32. The molecule has 17 N–H and O–H groups in total. The van der Waals surface area contributed by atoms with E-state index in [0.717, 1.165) is 5.57 Å². The van der Waals surface area contributed by atoms with Crippen molar-refractivity contribution in [2.45, 2.75) is 304 Å². The standard InChI is InChI=1S/C64H102O31/c1-23-34(69)37(72)41(76)53(86-23)91-47-28(67)22-85-57(50(47)94-54-43(78)39(74)46(24(2)87-54)90-52-40(75)35(70)27(66)21-84-52)95-58(83)64-17-16-59(3,4)18-26(64)25-10-11-31-61(7)14-13-33(60(5,6)30(61)12-15-62(31,8)63(25,9)19-32(64)68)89-56-45(80)48(44(79)49(93-56)51(81)82)92-55-42(77)38(73)36(71)29(20-65)88-55/h10,23-24,26-50,52-57,65-80H,11-22H2,1-9H3,(H,81,82)/t23-,24+,26-,27+,28+,29-,30-,31-,32-,33-,34+,35+,36-,37-,38-,39+,40+,41+,42+,43-,44+,45-,46+,47+,48-,49+,50-,52-,53-,54+,55+,56+,57+,61+,62+,63-,64+/m0/s1. The van der Waals surface area contributed by atoms with Gasteiger partial charge in [0.15, 0.2) is 43.7 Å². The highest BCUT2D eigenvalue weighted by molar-refractivity contribution is 5.80. The fourth-order valence-corrected chi connectivity index (χ4v) is 18.9. The summed E-state index contributed by atoms with van der Waals surface area (Å²) in [4.78, 5) is 28.5. The van der Waals surface area contributed by atoms with Gasteiger partial charge < -0.3 is 144 Å². The van der Waals surface area contributed by atoms with Crippen molar-refractivity contribution >= 4 is 11.9 Å². The van der Waals surface area contributed by atoms with Crippen molar-refractivity contribution in [2.24, 2.45) is 50.2 Å². The highest BCUT2D eigenvalue weighted by atomic mass is 16.8. The second-order valence-electron chi connectivity index (χ2n) is 31.1. The van der Waals surface area contributed by atoms with E-state index in [2.05, 4.69) is 40.7 Å². The number of hydrogen-bond donors (Lipinski definition) is 17. The summed E-state index contributed by atoms with van der Waals surface area (Å²) in [6.07, 6.45) is -44.1. The van der Waals surface area contributed by atoms with Crippen molar-refractivity contribution in [1.29, 1.82) is 0 Å². The molecule has 0 aromatic rings. The summed E-state index contributed by atoms with van der Waals surface area (Å²) in [7, 11) is 0. The van der Waals surface area contributed by atoms with Gasteiger partial charge in [-0.3, -0.25) is 4.79 Å². The molecule has 11 aliphatic rings. The van der Waals surface area contributed by atoms with Gasteiger partial charge in [0, 0.05) is 0 Å². The lowest BCUT2D eigenvalue weighted by Crippen LogP contribution is -2.69. The minimum Gasteiger partial charge on any atom is -0.479 e. The van der Waals surface area contributed by atoms with Crippen molar-refractivity contribution in [3.05, 3.63) is 11.6 Å². The third-order valence-corrected chi connectivity index (χ3v) is 24.8. The van der Waals surface area contributed by atoms with Crippen LogP contribution in [0.4, 0.5) is 0 Å². The molecule has 0 radical (unpaired) electrons. The number of esters is 1. The molecule has 6 aliphatic heterocycles. The number of carbonyl (C=O) groups is 2. The molecule has 0 spiro atoms. The molecule has 31 nitrogen and oxygen atoms in total. The van der Waals surface area contributed by atoms with Crippen molar-refractivity contribution in [3.8, 4) is 0 Å². The molecule has 544 valence electrons. The van der Waals surface area contributed by atoms with Crippen molar-refractivity contribution in [2.75, 3.05) is 19.8 Å². The fourth-order valence-electron chi connectivity index (χ4n) is 18.9. The van der Waals surface area contributed by atoms with Gasteiger partial charge in [-0.15, -0.1) is 0 Å². The van der Waals surface area contributed by atoms with E-state index in [4.69, 9.17) is 56.8 Å². The van der Waals surface area contributed by atoms with Crippen molar-refractivity contribution < 1.29 is 153 Å². The summed E-state index contributed by atoms with van der Waals surface area (Å²) in [6.45, 7) is 16.0. The van der Waals surface area contributed by atoms with Gasteiger partial charge in [0.25, 0.3) is 0 Å². The van der Waals surface area contributed by atoms with Gasteiger partial charge in [-0.2, -0.15) is 0 Å². The average molecular weight is 1370 g/mol. The molecule has 0 amide bonds. The monoisotopic (exact) mass is 1370 g/mol. The first kappa shape index (κ1) is 73.8. The largest absolute Gasteiger partial charge is 0.479 e. The van der Waals surface area contributed by atoms with Crippen LogP contribution in [-0.2, 0) is 66.4 Å². The maximum Gasteiger partial charge on any atom is 0.335 e. The number of hydrogen-bond acceptors (Lipinski definition) is 30. The smallest absolute Gasteiger partial charge is 0.335 e. The number of carboxylic acids is 1. The lowest BCUT2D eigenvalue weighted by molar-refractivity contribution is -0.384. The number of aliphatic hydroxyl groups is 16. The Morgan fingerprint density at radius 1 is 0.516 bits per heavy atom. The molecule has 95 heavy (non-hydrogen) atoms. The molecule has 0 aromatic carbocycles.